The molecule has 1 unspecified atom stereocenters. The lowest BCUT2D eigenvalue weighted by molar-refractivity contribution is 0.120. The van der Waals surface area contributed by atoms with Crippen LogP contribution in [0.4, 0.5) is 0 Å². The summed E-state index contributed by atoms with van der Waals surface area (Å²) < 4.78 is 13.1. The molecule has 0 saturated carbocycles. The molecule has 2 aromatic rings. The van der Waals surface area contributed by atoms with E-state index in [-0.39, 0.29) is 6.04 Å². The molecule has 1 aliphatic rings. The number of aromatic nitrogens is 4. The van der Waals surface area contributed by atoms with E-state index in [2.05, 4.69) is 52.3 Å². The number of rotatable bonds is 8. The van der Waals surface area contributed by atoms with Crippen LogP contribution in [0, 0.1) is 5.92 Å². The molecule has 0 spiro atoms. The fourth-order valence-corrected chi connectivity index (χ4v) is 3.57. The SMILES string of the molecule is COc1ccc(C(c2nnnn2CCC(C)C)N2CCN(C)CC2)c(OC)c1. The lowest BCUT2D eigenvalue weighted by atomic mass is 10.0. The van der Waals surface area contributed by atoms with Gasteiger partial charge >= 0.3 is 0 Å². The van der Waals surface area contributed by atoms with Crippen LogP contribution in [0.15, 0.2) is 18.2 Å². The summed E-state index contributed by atoms with van der Waals surface area (Å²) in [5.41, 5.74) is 1.06. The minimum atomic E-state index is -0.0586. The smallest absolute Gasteiger partial charge is 0.173 e. The lowest BCUT2D eigenvalue weighted by Gasteiger charge is -2.37. The number of ether oxygens (including phenoxy) is 2. The van der Waals surface area contributed by atoms with E-state index >= 15 is 0 Å². The van der Waals surface area contributed by atoms with E-state index in [0.29, 0.717) is 5.92 Å². The van der Waals surface area contributed by atoms with Gasteiger partial charge in [0.25, 0.3) is 0 Å². The third kappa shape index (κ3) is 4.62. The Morgan fingerprint density at radius 3 is 2.46 bits per heavy atom. The second-order valence-corrected chi connectivity index (χ2v) is 7.79. The van der Waals surface area contributed by atoms with Crippen LogP contribution in [0.2, 0.25) is 0 Å². The zero-order chi connectivity index (χ0) is 20.1. The monoisotopic (exact) mass is 388 g/mol. The summed E-state index contributed by atoms with van der Waals surface area (Å²) in [7, 11) is 5.52. The molecule has 3 rings (SSSR count). The topological polar surface area (TPSA) is 68.5 Å². The second kappa shape index (κ2) is 9.34. The molecule has 8 nitrogen and oxygen atoms in total. The summed E-state index contributed by atoms with van der Waals surface area (Å²) in [4.78, 5) is 4.79. The van der Waals surface area contributed by atoms with Crippen molar-refractivity contribution in [2.45, 2.75) is 32.9 Å². The molecule has 1 saturated heterocycles. The van der Waals surface area contributed by atoms with E-state index in [4.69, 9.17) is 9.47 Å². The van der Waals surface area contributed by atoms with E-state index in [1.165, 1.54) is 0 Å². The highest BCUT2D eigenvalue weighted by molar-refractivity contribution is 5.44. The van der Waals surface area contributed by atoms with Crippen LogP contribution < -0.4 is 9.47 Å². The van der Waals surface area contributed by atoms with Crippen molar-refractivity contribution in [2.24, 2.45) is 5.92 Å². The van der Waals surface area contributed by atoms with Gasteiger partial charge in [-0.25, -0.2) is 4.68 Å². The van der Waals surface area contributed by atoms with Crippen molar-refractivity contribution in [3.8, 4) is 11.5 Å². The average molecular weight is 389 g/mol. The highest BCUT2D eigenvalue weighted by atomic mass is 16.5. The number of likely N-dealkylation sites (N-methyl/N-ethyl adjacent to an activating group) is 1. The maximum absolute atomic E-state index is 5.72. The number of benzene rings is 1. The summed E-state index contributed by atoms with van der Waals surface area (Å²) in [5, 5.41) is 12.7. The summed E-state index contributed by atoms with van der Waals surface area (Å²) in [5.74, 6) is 3.03. The normalized spacial score (nSPS) is 17.1. The van der Waals surface area contributed by atoms with Gasteiger partial charge in [0.15, 0.2) is 5.82 Å². The Balaban J connectivity index is 2.01. The van der Waals surface area contributed by atoms with E-state index in [0.717, 1.165) is 62.0 Å². The van der Waals surface area contributed by atoms with Crippen LogP contribution in [0.25, 0.3) is 0 Å². The molecule has 2 heterocycles. The molecule has 1 aromatic carbocycles. The Morgan fingerprint density at radius 2 is 1.82 bits per heavy atom. The van der Waals surface area contributed by atoms with Crippen molar-refractivity contribution >= 4 is 0 Å². The minimum absolute atomic E-state index is 0.0586. The first-order valence-corrected chi connectivity index (χ1v) is 9.94. The van der Waals surface area contributed by atoms with E-state index < -0.39 is 0 Å². The largest absolute Gasteiger partial charge is 0.497 e. The van der Waals surface area contributed by atoms with Crippen LogP contribution in [-0.2, 0) is 6.54 Å². The molecule has 0 N–H and O–H groups in total. The molecular weight excluding hydrogens is 356 g/mol. The summed E-state index contributed by atoms with van der Waals surface area (Å²) >= 11 is 0. The molecule has 0 amide bonds. The summed E-state index contributed by atoms with van der Waals surface area (Å²) in [6, 6.07) is 5.92. The van der Waals surface area contributed by atoms with Crippen molar-refractivity contribution < 1.29 is 9.47 Å². The first-order valence-electron chi connectivity index (χ1n) is 9.94. The standard InChI is InChI=1S/C20H32N6O2/c1-15(2)8-9-26-20(21-22-23-26)19(25-12-10-24(3)11-13-25)17-7-6-16(27-4)14-18(17)28-5/h6-7,14-15,19H,8-13H2,1-5H3. The quantitative estimate of drug-likeness (QED) is 0.686. The number of hydrogen-bond acceptors (Lipinski definition) is 7. The zero-order valence-electron chi connectivity index (χ0n) is 17.6. The third-order valence-corrected chi connectivity index (χ3v) is 5.36. The number of hydrogen-bond donors (Lipinski definition) is 0. The molecule has 1 atom stereocenters. The predicted molar refractivity (Wildman–Crippen MR) is 108 cm³/mol. The van der Waals surface area contributed by atoms with Crippen molar-refractivity contribution in [2.75, 3.05) is 47.4 Å². The Hall–Kier alpha value is -2.19. The Labute approximate surface area is 167 Å². The predicted octanol–water partition coefficient (Wildman–Crippen LogP) is 2.07. The van der Waals surface area contributed by atoms with Crippen LogP contribution in [0.1, 0.15) is 37.7 Å². The minimum Gasteiger partial charge on any atom is -0.497 e. The Morgan fingerprint density at radius 1 is 1.07 bits per heavy atom. The molecule has 28 heavy (non-hydrogen) atoms. The van der Waals surface area contributed by atoms with Crippen molar-refractivity contribution in [3.63, 3.8) is 0 Å². The van der Waals surface area contributed by atoms with Gasteiger partial charge in [-0.2, -0.15) is 0 Å². The highest BCUT2D eigenvalue weighted by Gasteiger charge is 2.32. The first kappa shape index (κ1) is 20.5. The fourth-order valence-electron chi connectivity index (χ4n) is 3.57. The van der Waals surface area contributed by atoms with Gasteiger partial charge < -0.3 is 14.4 Å². The number of piperazine rings is 1. The Bertz CT molecular complexity index is 755. The van der Waals surface area contributed by atoms with Gasteiger partial charge in [-0.05, 0) is 41.9 Å². The number of tetrazole rings is 1. The molecule has 154 valence electrons. The van der Waals surface area contributed by atoms with E-state index in [9.17, 15) is 0 Å². The molecule has 0 aliphatic carbocycles. The summed E-state index contributed by atoms with van der Waals surface area (Å²) in [6.45, 7) is 9.18. The van der Waals surface area contributed by atoms with Crippen LogP contribution >= 0.6 is 0 Å². The highest BCUT2D eigenvalue weighted by Crippen LogP contribution is 2.36. The molecular formula is C20H32N6O2. The number of nitrogens with zero attached hydrogens (tertiary/aromatic N) is 6. The van der Waals surface area contributed by atoms with Gasteiger partial charge in [0, 0.05) is 44.4 Å². The molecule has 0 bridgehead atoms. The fraction of sp³-hybridized carbons (Fsp3) is 0.650. The van der Waals surface area contributed by atoms with Gasteiger partial charge in [0.05, 0.1) is 14.2 Å². The van der Waals surface area contributed by atoms with Gasteiger partial charge in [-0.15, -0.1) is 5.10 Å². The molecule has 1 fully saturated rings. The third-order valence-electron chi connectivity index (χ3n) is 5.36. The van der Waals surface area contributed by atoms with Gasteiger partial charge in [0.1, 0.15) is 17.5 Å². The van der Waals surface area contributed by atoms with E-state index in [1.807, 2.05) is 16.8 Å². The van der Waals surface area contributed by atoms with Crippen LogP contribution in [0.3, 0.4) is 0 Å². The van der Waals surface area contributed by atoms with Gasteiger partial charge in [-0.3, -0.25) is 4.90 Å². The second-order valence-electron chi connectivity index (χ2n) is 7.79. The Kier molecular flexibility index (Phi) is 6.85. The number of methoxy groups -OCH3 is 2. The van der Waals surface area contributed by atoms with Gasteiger partial charge in [0.2, 0.25) is 0 Å². The maximum Gasteiger partial charge on any atom is 0.173 e. The summed E-state index contributed by atoms with van der Waals surface area (Å²) in [6.07, 6.45) is 1.03. The van der Waals surface area contributed by atoms with Crippen LogP contribution in [-0.4, -0.2) is 77.5 Å². The van der Waals surface area contributed by atoms with Crippen molar-refractivity contribution in [3.05, 3.63) is 29.6 Å². The van der Waals surface area contributed by atoms with Gasteiger partial charge in [-0.1, -0.05) is 13.8 Å². The maximum atomic E-state index is 5.72. The van der Waals surface area contributed by atoms with Crippen molar-refractivity contribution in [1.82, 2.24) is 30.0 Å². The lowest BCUT2D eigenvalue weighted by Crippen LogP contribution is -2.46. The average Bonchev–Trinajstić information content (AvgIpc) is 3.16. The molecule has 1 aromatic heterocycles. The van der Waals surface area contributed by atoms with Crippen LogP contribution in [0.5, 0.6) is 11.5 Å². The number of aryl methyl sites for hydroxylation is 1. The zero-order valence-corrected chi connectivity index (χ0v) is 17.6. The molecule has 8 heteroatoms. The van der Waals surface area contributed by atoms with Crippen molar-refractivity contribution in [1.29, 1.82) is 0 Å². The molecule has 1 aliphatic heterocycles. The first-order chi connectivity index (χ1) is 13.5. The van der Waals surface area contributed by atoms with E-state index in [1.54, 1.807) is 14.2 Å². The molecule has 0 radical (unpaired) electrons.